The lowest BCUT2D eigenvalue weighted by Gasteiger charge is -2.12. The second-order valence-corrected chi connectivity index (χ2v) is 7.20. The molecule has 0 unspecified atom stereocenters. The Morgan fingerprint density at radius 1 is 0.567 bits per heavy atom. The quantitative estimate of drug-likeness (QED) is 0.381. The summed E-state index contributed by atoms with van der Waals surface area (Å²) in [6.07, 6.45) is 3.66. The van der Waals surface area contributed by atoms with Gasteiger partial charge in [-0.1, -0.05) is 78.4 Å². The SMILES string of the molecule is Cc1ccc(-c2nnc(-c3ccccc3)n2-c2ccc(-c3cccnc3)cc2)cc1. The highest BCUT2D eigenvalue weighted by molar-refractivity contribution is 5.69. The van der Waals surface area contributed by atoms with Crippen LogP contribution in [0.1, 0.15) is 5.56 Å². The molecule has 0 aliphatic rings. The first-order valence-electron chi connectivity index (χ1n) is 9.88. The molecular weight excluding hydrogens is 368 g/mol. The molecule has 0 radical (unpaired) electrons. The van der Waals surface area contributed by atoms with Crippen LogP contribution in [0, 0.1) is 6.92 Å². The Hall–Kier alpha value is -4.05. The molecule has 144 valence electrons. The minimum atomic E-state index is 0.820. The Bertz CT molecular complexity index is 1260. The molecule has 0 saturated carbocycles. The maximum absolute atomic E-state index is 4.55. The van der Waals surface area contributed by atoms with Crippen molar-refractivity contribution in [3.63, 3.8) is 0 Å². The van der Waals surface area contributed by atoms with Crippen LogP contribution in [-0.4, -0.2) is 19.7 Å². The second kappa shape index (κ2) is 7.76. The number of rotatable bonds is 4. The lowest BCUT2D eigenvalue weighted by molar-refractivity contribution is 1.07. The maximum atomic E-state index is 4.55. The Balaban J connectivity index is 1.65. The molecule has 0 aliphatic heterocycles. The summed E-state index contributed by atoms with van der Waals surface area (Å²) in [6.45, 7) is 2.08. The van der Waals surface area contributed by atoms with Crippen LogP contribution in [0.3, 0.4) is 0 Å². The van der Waals surface area contributed by atoms with Crippen LogP contribution in [0.2, 0.25) is 0 Å². The van der Waals surface area contributed by atoms with Crippen LogP contribution >= 0.6 is 0 Å². The zero-order chi connectivity index (χ0) is 20.3. The fourth-order valence-electron chi connectivity index (χ4n) is 3.53. The van der Waals surface area contributed by atoms with Crippen LogP contribution in [-0.2, 0) is 0 Å². The first-order chi connectivity index (χ1) is 14.8. The van der Waals surface area contributed by atoms with Crippen molar-refractivity contribution in [2.24, 2.45) is 0 Å². The lowest BCUT2D eigenvalue weighted by atomic mass is 10.1. The van der Waals surface area contributed by atoms with Crippen molar-refractivity contribution in [3.05, 3.63) is 109 Å². The maximum Gasteiger partial charge on any atom is 0.168 e. The fourth-order valence-corrected chi connectivity index (χ4v) is 3.53. The van der Waals surface area contributed by atoms with Gasteiger partial charge < -0.3 is 0 Å². The highest BCUT2D eigenvalue weighted by Crippen LogP contribution is 2.29. The summed E-state index contributed by atoms with van der Waals surface area (Å²) in [4.78, 5) is 4.22. The first kappa shape index (κ1) is 18.0. The molecule has 30 heavy (non-hydrogen) atoms. The minimum absolute atomic E-state index is 0.820. The van der Waals surface area contributed by atoms with Gasteiger partial charge in [0.2, 0.25) is 0 Å². The molecule has 4 nitrogen and oxygen atoms in total. The number of pyridine rings is 1. The van der Waals surface area contributed by atoms with Gasteiger partial charge in [-0.3, -0.25) is 9.55 Å². The molecule has 4 heteroatoms. The number of aromatic nitrogens is 4. The molecule has 0 spiro atoms. The summed E-state index contributed by atoms with van der Waals surface area (Å²) < 4.78 is 2.12. The van der Waals surface area contributed by atoms with Gasteiger partial charge in [0.1, 0.15) is 0 Å². The summed E-state index contributed by atoms with van der Waals surface area (Å²) in [5.41, 5.74) is 6.51. The van der Waals surface area contributed by atoms with Crippen molar-refractivity contribution in [1.82, 2.24) is 19.7 Å². The summed E-state index contributed by atoms with van der Waals surface area (Å²) in [6, 6.07) is 31.0. The molecule has 0 bridgehead atoms. The largest absolute Gasteiger partial charge is 0.275 e. The van der Waals surface area contributed by atoms with E-state index in [-0.39, 0.29) is 0 Å². The molecular formula is C26H20N4. The zero-order valence-corrected chi connectivity index (χ0v) is 16.6. The van der Waals surface area contributed by atoms with E-state index in [0.29, 0.717) is 0 Å². The molecule has 5 rings (SSSR count). The van der Waals surface area contributed by atoms with E-state index in [4.69, 9.17) is 0 Å². The monoisotopic (exact) mass is 388 g/mol. The molecule has 0 fully saturated rings. The predicted octanol–water partition coefficient (Wildman–Crippen LogP) is 5.97. The third-order valence-corrected chi connectivity index (χ3v) is 5.13. The second-order valence-electron chi connectivity index (χ2n) is 7.20. The van der Waals surface area contributed by atoms with Gasteiger partial charge in [0.25, 0.3) is 0 Å². The van der Waals surface area contributed by atoms with E-state index in [1.807, 2.05) is 30.5 Å². The van der Waals surface area contributed by atoms with Crippen LogP contribution in [0.25, 0.3) is 39.6 Å². The third-order valence-electron chi connectivity index (χ3n) is 5.13. The summed E-state index contributed by atoms with van der Waals surface area (Å²) in [5, 5.41) is 9.10. The standard InChI is InChI=1S/C26H20N4/c1-19-9-11-22(12-10-19)26-29-28-25(21-6-3-2-4-7-21)30(26)24-15-13-20(14-16-24)23-8-5-17-27-18-23/h2-18H,1H3. The van der Waals surface area contributed by atoms with Crippen molar-refractivity contribution >= 4 is 0 Å². The van der Waals surface area contributed by atoms with Crippen LogP contribution in [0.4, 0.5) is 0 Å². The normalized spacial score (nSPS) is 10.8. The van der Waals surface area contributed by atoms with Gasteiger partial charge in [-0.2, -0.15) is 0 Å². The van der Waals surface area contributed by atoms with Gasteiger partial charge in [-0.05, 0) is 36.2 Å². The predicted molar refractivity (Wildman–Crippen MR) is 120 cm³/mol. The van der Waals surface area contributed by atoms with Crippen LogP contribution in [0.15, 0.2) is 103 Å². The lowest BCUT2D eigenvalue weighted by Crippen LogP contribution is -2.00. The fraction of sp³-hybridized carbons (Fsp3) is 0.0385. The minimum Gasteiger partial charge on any atom is -0.275 e. The van der Waals surface area contributed by atoms with E-state index in [2.05, 4.69) is 93.4 Å². The Morgan fingerprint density at radius 3 is 1.80 bits per heavy atom. The number of hydrogen-bond donors (Lipinski definition) is 0. The van der Waals surface area contributed by atoms with Gasteiger partial charge in [0.15, 0.2) is 11.6 Å². The van der Waals surface area contributed by atoms with Crippen molar-refractivity contribution in [2.75, 3.05) is 0 Å². The van der Waals surface area contributed by atoms with E-state index < -0.39 is 0 Å². The average Bonchev–Trinajstić information content (AvgIpc) is 3.26. The van der Waals surface area contributed by atoms with Gasteiger partial charge >= 0.3 is 0 Å². The molecule has 0 saturated heterocycles. The molecule has 5 aromatic rings. The van der Waals surface area contributed by atoms with Gasteiger partial charge in [0.05, 0.1) is 0 Å². The van der Waals surface area contributed by atoms with Crippen molar-refractivity contribution in [1.29, 1.82) is 0 Å². The van der Waals surface area contributed by atoms with E-state index in [1.165, 1.54) is 5.56 Å². The van der Waals surface area contributed by atoms with Crippen LogP contribution in [0.5, 0.6) is 0 Å². The molecule has 2 aromatic heterocycles. The summed E-state index contributed by atoms with van der Waals surface area (Å²) >= 11 is 0. The van der Waals surface area contributed by atoms with Crippen molar-refractivity contribution in [2.45, 2.75) is 6.92 Å². The van der Waals surface area contributed by atoms with E-state index in [9.17, 15) is 0 Å². The molecule has 0 amide bonds. The number of hydrogen-bond acceptors (Lipinski definition) is 3. The molecule has 3 aromatic carbocycles. The number of benzene rings is 3. The summed E-state index contributed by atoms with van der Waals surface area (Å²) in [7, 11) is 0. The Kier molecular flexibility index (Phi) is 4.66. The van der Waals surface area contributed by atoms with Gasteiger partial charge in [-0.15, -0.1) is 10.2 Å². The molecule has 0 aliphatic carbocycles. The molecule has 2 heterocycles. The zero-order valence-electron chi connectivity index (χ0n) is 16.6. The van der Waals surface area contributed by atoms with E-state index in [0.717, 1.165) is 39.6 Å². The highest BCUT2D eigenvalue weighted by atomic mass is 15.3. The van der Waals surface area contributed by atoms with Crippen molar-refractivity contribution in [3.8, 4) is 39.6 Å². The molecule has 0 atom stereocenters. The topological polar surface area (TPSA) is 43.6 Å². The number of nitrogens with zero attached hydrogens (tertiary/aromatic N) is 4. The Morgan fingerprint density at radius 2 is 1.17 bits per heavy atom. The van der Waals surface area contributed by atoms with Gasteiger partial charge in [-0.25, -0.2) is 0 Å². The number of aryl methyl sites for hydroxylation is 1. The highest BCUT2D eigenvalue weighted by Gasteiger charge is 2.17. The van der Waals surface area contributed by atoms with Crippen LogP contribution < -0.4 is 0 Å². The van der Waals surface area contributed by atoms with E-state index in [1.54, 1.807) is 6.20 Å². The molecule has 0 N–H and O–H groups in total. The van der Waals surface area contributed by atoms with Crippen molar-refractivity contribution < 1.29 is 0 Å². The summed E-state index contributed by atoms with van der Waals surface area (Å²) in [5.74, 6) is 1.64. The first-order valence-corrected chi connectivity index (χ1v) is 9.88. The van der Waals surface area contributed by atoms with Gasteiger partial charge in [0, 0.05) is 29.2 Å². The van der Waals surface area contributed by atoms with E-state index >= 15 is 0 Å². The average molecular weight is 388 g/mol. The third kappa shape index (κ3) is 3.40. The Labute approximate surface area is 175 Å². The smallest absolute Gasteiger partial charge is 0.168 e.